The molecule has 0 bridgehead atoms. The van der Waals surface area contributed by atoms with Crippen LogP contribution in [0.3, 0.4) is 0 Å². The summed E-state index contributed by atoms with van der Waals surface area (Å²) in [7, 11) is 0. The Bertz CT molecular complexity index is 249. The number of halogens is 1. The monoisotopic (exact) mass is 136 g/mol. The van der Waals surface area contributed by atoms with Gasteiger partial charge in [-0.25, -0.2) is 0 Å². The van der Waals surface area contributed by atoms with Crippen molar-refractivity contribution in [2.75, 3.05) is 0 Å². The van der Waals surface area contributed by atoms with Gasteiger partial charge in [0, 0.05) is 6.07 Å². The molecule has 43 valence electrons. The lowest BCUT2D eigenvalue weighted by atomic mass is 10.2. The Kier molecular flexibility index (Phi) is 1.72. The van der Waals surface area contributed by atoms with Gasteiger partial charge in [0.05, 0.1) is 10.6 Å². The van der Waals surface area contributed by atoms with E-state index in [-0.39, 0.29) is 0 Å². The second-order valence-corrected chi connectivity index (χ2v) is 1.91. The van der Waals surface area contributed by atoms with Gasteiger partial charge in [-0.05, 0) is 6.07 Å². The van der Waals surface area contributed by atoms with Crippen LogP contribution in [0.5, 0.6) is 0 Å². The minimum absolute atomic E-state index is 0.402. The van der Waals surface area contributed by atoms with Crippen LogP contribution in [-0.4, -0.2) is 0 Å². The van der Waals surface area contributed by atoms with Crippen molar-refractivity contribution in [3.8, 4) is 6.07 Å². The predicted octanol–water partition coefficient (Wildman–Crippen LogP) is 2.01. The summed E-state index contributed by atoms with van der Waals surface area (Å²) < 4.78 is 0. The molecular formula is C7H3ClN. The molecule has 0 saturated carbocycles. The first-order valence-corrected chi connectivity index (χ1v) is 2.78. The third-order valence-corrected chi connectivity index (χ3v) is 1.23. The minimum Gasteiger partial charge on any atom is -0.192 e. The number of hydrogen-bond acceptors (Lipinski definition) is 1. The molecule has 0 aliphatic heterocycles. The summed E-state index contributed by atoms with van der Waals surface area (Å²) in [5, 5.41) is 8.81. The van der Waals surface area contributed by atoms with Gasteiger partial charge in [0.15, 0.2) is 0 Å². The lowest BCUT2D eigenvalue weighted by Gasteiger charge is -1.87. The third-order valence-electron chi connectivity index (χ3n) is 0.917. The van der Waals surface area contributed by atoms with E-state index in [1.54, 1.807) is 18.2 Å². The molecule has 1 rings (SSSR count). The van der Waals surface area contributed by atoms with Gasteiger partial charge in [-0.2, -0.15) is 5.26 Å². The zero-order valence-corrected chi connectivity index (χ0v) is 5.31. The molecule has 0 aliphatic carbocycles. The zero-order chi connectivity index (χ0) is 6.69. The Morgan fingerprint density at radius 3 is 2.89 bits per heavy atom. The van der Waals surface area contributed by atoms with E-state index in [0.29, 0.717) is 10.6 Å². The lowest BCUT2D eigenvalue weighted by Crippen LogP contribution is -1.72. The molecule has 0 aromatic heterocycles. The average molecular weight is 137 g/mol. The Hall–Kier alpha value is -1.00. The van der Waals surface area contributed by atoms with E-state index in [2.05, 4.69) is 6.07 Å². The van der Waals surface area contributed by atoms with E-state index in [4.69, 9.17) is 16.9 Å². The fourth-order valence-corrected chi connectivity index (χ4v) is 0.672. The highest BCUT2D eigenvalue weighted by atomic mass is 35.5. The third kappa shape index (κ3) is 1.22. The van der Waals surface area contributed by atoms with E-state index in [9.17, 15) is 0 Å². The van der Waals surface area contributed by atoms with Gasteiger partial charge in [0.2, 0.25) is 0 Å². The van der Waals surface area contributed by atoms with Crippen LogP contribution in [0.2, 0.25) is 5.02 Å². The summed E-state index contributed by atoms with van der Waals surface area (Å²) in [6.45, 7) is 0. The number of nitriles is 1. The number of nitrogens with zero attached hydrogens (tertiary/aromatic N) is 1. The number of hydrogen-bond donors (Lipinski definition) is 0. The summed E-state index contributed by atoms with van der Waals surface area (Å²) in [5.74, 6) is 0. The van der Waals surface area contributed by atoms with Gasteiger partial charge in [0.1, 0.15) is 6.07 Å². The van der Waals surface area contributed by atoms with Gasteiger partial charge in [-0.1, -0.05) is 23.7 Å². The average Bonchev–Trinajstić information content (AvgIpc) is 1.89. The molecule has 2 heteroatoms. The first kappa shape index (κ1) is 6.12. The molecule has 1 nitrogen and oxygen atoms in total. The fraction of sp³-hybridized carbons (Fsp3) is 0. The van der Waals surface area contributed by atoms with Crippen LogP contribution in [0.15, 0.2) is 18.2 Å². The highest BCUT2D eigenvalue weighted by Gasteiger charge is 1.93. The molecule has 1 radical (unpaired) electrons. The largest absolute Gasteiger partial charge is 0.192 e. The summed E-state index contributed by atoms with van der Waals surface area (Å²) in [5.41, 5.74) is 0.402. The van der Waals surface area contributed by atoms with Gasteiger partial charge in [-0.15, -0.1) is 0 Å². The Morgan fingerprint density at radius 2 is 2.44 bits per heavy atom. The van der Waals surface area contributed by atoms with Crippen LogP contribution < -0.4 is 0 Å². The van der Waals surface area contributed by atoms with Crippen molar-refractivity contribution in [2.45, 2.75) is 0 Å². The van der Waals surface area contributed by atoms with Crippen molar-refractivity contribution in [2.24, 2.45) is 0 Å². The molecule has 0 saturated heterocycles. The smallest absolute Gasteiger partial charge is 0.101 e. The maximum Gasteiger partial charge on any atom is 0.101 e. The number of rotatable bonds is 0. The second kappa shape index (κ2) is 2.52. The highest BCUT2D eigenvalue weighted by Crippen LogP contribution is 2.11. The molecule has 0 fully saturated rings. The first-order chi connectivity index (χ1) is 4.34. The molecule has 1 aromatic rings. The van der Waals surface area contributed by atoms with Crippen LogP contribution in [0, 0.1) is 17.4 Å². The molecule has 0 aliphatic rings. The van der Waals surface area contributed by atoms with Crippen molar-refractivity contribution in [1.29, 1.82) is 5.26 Å². The van der Waals surface area contributed by atoms with Crippen LogP contribution in [-0.2, 0) is 0 Å². The first-order valence-electron chi connectivity index (χ1n) is 2.41. The second-order valence-electron chi connectivity index (χ2n) is 1.50. The predicted molar refractivity (Wildman–Crippen MR) is 35.0 cm³/mol. The molecule has 0 spiro atoms. The van der Waals surface area contributed by atoms with Crippen LogP contribution in [0.25, 0.3) is 0 Å². The summed E-state index contributed by atoms with van der Waals surface area (Å²) in [4.78, 5) is 0. The highest BCUT2D eigenvalue weighted by molar-refractivity contribution is 6.31. The molecule has 9 heavy (non-hydrogen) atoms. The molecule has 0 atom stereocenters. The minimum atomic E-state index is 0.402. The van der Waals surface area contributed by atoms with Gasteiger partial charge < -0.3 is 0 Å². The standard InChI is InChI=1S/C7H3ClN/c8-7-4-2-1-3-6(7)5-9/h1-2,4H. The van der Waals surface area contributed by atoms with Crippen LogP contribution in [0.1, 0.15) is 5.56 Å². The van der Waals surface area contributed by atoms with E-state index in [0.717, 1.165) is 0 Å². The summed E-state index contributed by atoms with van der Waals surface area (Å²) in [6.07, 6.45) is 0. The maximum atomic E-state index is 8.35. The summed E-state index contributed by atoms with van der Waals surface area (Å²) >= 11 is 5.57. The van der Waals surface area contributed by atoms with Crippen molar-refractivity contribution in [3.05, 3.63) is 34.9 Å². The van der Waals surface area contributed by atoms with Crippen molar-refractivity contribution >= 4 is 11.6 Å². The fourth-order valence-electron chi connectivity index (χ4n) is 0.502. The van der Waals surface area contributed by atoms with E-state index in [1.807, 2.05) is 6.07 Å². The van der Waals surface area contributed by atoms with Gasteiger partial charge in [0.25, 0.3) is 0 Å². The lowest BCUT2D eigenvalue weighted by molar-refractivity contribution is 1.48. The van der Waals surface area contributed by atoms with Gasteiger partial charge in [-0.3, -0.25) is 0 Å². The van der Waals surface area contributed by atoms with Crippen molar-refractivity contribution < 1.29 is 0 Å². The molecule has 0 unspecified atom stereocenters. The maximum absolute atomic E-state index is 8.35. The van der Waals surface area contributed by atoms with Gasteiger partial charge >= 0.3 is 0 Å². The SMILES string of the molecule is N#Cc1[c]cccc1Cl. The normalized spacial score (nSPS) is 8.44. The van der Waals surface area contributed by atoms with Crippen molar-refractivity contribution in [3.63, 3.8) is 0 Å². The van der Waals surface area contributed by atoms with E-state index < -0.39 is 0 Å². The molecule has 0 amide bonds. The van der Waals surface area contributed by atoms with Crippen molar-refractivity contribution in [1.82, 2.24) is 0 Å². The zero-order valence-electron chi connectivity index (χ0n) is 4.56. The van der Waals surface area contributed by atoms with Crippen LogP contribution in [0.4, 0.5) is 0 Å². The number of benzene rings is 1. The Balaban J connectivity index is 3.20. The van der Waals surface area contributed by atoms with Crippen LogP contribution >= 0.6 is 11.6 Å². The molecule has 0 heterocycles. The van der Waals surface area contributed by atoms with E-state index in [1.165, 1.54) is 0 Å². The quantitative estimate of drug-likeness (QED) is 0.535. The molecular weight excluding hydrogens is 134 g/mol. The topological polar surface area (TPSA) is 23.8 Å². The van der Waals surface area contributed by atoms with E-state index >= 15 is 0 Å². The molecule has 1 aromatic carbocycles. The summed E-state index contributed by atoms with van der Waals surface area (Å²) in [6, 6.07) is 9.66. The Morgan fingerprint density at radius 1 is 1.67 bits per heavy atom. The Labute approximate surface area is 58.5 Å². The molecule has 0 N–H and O–H groups in total.